The molecule has 1 fully saturated rings. The summed E-state index contributed by atoms with van der Waals surface area (Å²) in [6.45, 7) is 4.39. The highest BCUT2D eigenvalue weighted by atomic mass is 33.1. The molecule has 0 saturated carbocycles. The van der Waals surface area contributed by atoms with Gasteiger partial charge in [-0.1, -0.05) is 35.4 Å². The molecule has 5 heteroatoms. The van der Waals surface area contributed by atoms with E-state index in [-0.39, 0.29) is 18.2 Å². The third-order valence-corrected chi connectivity index (χ3v) is 3.84. The number of ether oxygens (including phenoxy) is 2. The molecule has 3 atom stereocenters. The van der Waals surface area contributed by atoms with Crippen LogP contribution < -0.4 is 0 Å². The molecular formula is C10H19BO2S2. The Balaban J connectivity index is 2.31. The van der Waals surface area contributed by atoms with Crippen LogP contribution in [0.4, 0.5) is 0 Å². The molecule has 1 aliphatic heterocycles. The van der Waals surface area contributed by atoms with Crippen LogP contribution in [0, 0.1) is 5.92 Å². The molecule has 1 saturated heterocycles. The van der Waals surface area contributed by atoms with Gasteiger partial charge in [-0.2, -0.15) is 0 Å². The summed E-state index contributed by atoms with van der Waals surface area (Å²) in [4.78, 5) is 0. The van der Waals surface area contributed by atoms with Crippen LogP contribution in [0.5, 0.6) is 0 Å². The van der Waals surface area contributed by atoms with Crippen molar-refractivity contribution < 1.29 is 9.47 Å². The van der Waals surface area contributed by atoms with Crippen LogP contribution in [0.1, 0.15) is 26.7 Å². The first-order valence-electron chi connectivity index (χ1n) is 5.31. The summed E-state index contributed by atoms with van der Waals surface area (Å²) in [5.74, 6) is 1.34. The third kappa shape index (κ3) is 5.02. The van der Waals surface area contributed by atoms with Gasteiger partial charge in [0.25, 0.3) is 0 Å². The molecule has 86 valence electrons. The van der Waals surface area contributed by atoms with Gasteiger partial charge in [0.05, 0.1) is 12.2 Å². The van der Waals surface area contributed by atoms with Gasteiger partial charge in [0.15, 0.2) is 0 Å². The fraction of sp³-hybridized carbons (Fsp3) is 1.00. The smallest absolute Gasteiger partial charge is 0.109 e. The Kier molecular flexibility index (Phi) is 6.51. The zero-order chi connectivity index (χ0) is 11.3. The fourth-order valence-corrected chi connectivity index (χ4v) is 2.54. The van der Waals surface area contributed by atoms with Crippen molar-refractivity contribution in [3.8, 4) is 0 Å². The van der Waals surface area contributed by atoms with E-state index in [1.54, 1.807) is 21.6 Å². The highest BCUT2D eigenvalue weighted by molar-refractivity contribution is 8.76. The summed E-state index contributed by atoms with van der Waals surface area (Å²) in [5, 5.41) is 0. The molecule has 2 nitrogen and oxygen atoms in total. The van der Waals surface area contributed by atoms with Crippen LogP contribution in [0.15, 0.2) is 0 Å². The lowest BCUT2D eigenvalue weighted by molar-refractivity contribution is -0.00554. The molecule has 1 rings (SSSR count). The van der Waals surface area contributed by atoms with E-state index in [9.17, 15) is 0 Å². The van der Waals surface area contributed by atoms with Gasteiger partial charge in [0, 0.05) is 6.00 Å². The summed E-state index contributed by atoms with van der Waals surface area (Å²) >= 11 is 0. The molecule has 0 spiro atoms. The van der Waals surface area contributed by atoms with E-state index >= 15 is 0 Å². The first-order chi connectivity index (χ1) is 7.13. The minimum atomic E-state index is -0.141. The molecule has 0 aromatic rings. The van der Waals surface area contributed by atoms with Gasteiger partial charge < -0.3 is 9.47 Å². The van der Waals surface area contributed by atoms with Crippen LogP contribution in [0.2, 0.25) is 0 Å². The Labute approximate surface area is 102 Å². The Bertz CT molecular complexity index is 181. The number of hydrogen-bond donors (Lipinski definition) is 0. The van der Waals surface area contributed by atoms with Crippen molar-refractivity contribution in [2.75, 3.05) is 12.2 Å². The molecule has 3 unspecified atom stereocenters. The fourth-order valence-electron chi connectivity index (χ4n) is 1.76. The van der Waals surface area contributed by atoms with E-state index in [0.29, 0.717) is 5.92 Å². The van der Waals surface area contributed by atoms with E-state index in [2.05, 4.69) is 20.1 Å². The second kappa shape index (κ2) is 7.10. The molecule has 0 aromatic heterocycles. The Morgan fingerprint density at radius 3 is 2.87 bits per heavy atom. The maximum atomic E-state index is 5.78. The van der Waals surface area contributed by atoms with Crippen LogP contribution >= 0.6 is 21.6 Å². The molecular weight excluding hydrogens is 227 g/mol. The van der Waals surface area contributed by atoms with E-state index < -0.39 is 0 Å². The standard InChI is InChI=1S/C10H19BO2S2/c1-7(2)4-9-8(5-10(11)13-9)12-6-15-14-3/h7-10H,4-6H2,1-3H3. The average Bonchev–Trinajstić information content (AvgIpc) is 2.46. The Morgan fingerprint density at radius 2 is 2.27 bits per heavy atom. The highest BCUT2D eigenvalue weighted by Gasteiger charge is 2.33. The third-order valence-electron chi connectivity index (χ3n) is 2.38. The second-order valence-electron chi connectivity index (χ2n) is 4.19. The van der Waals surface area contributed by atoms with Crippen molar-refractivity contribution in [1.82, 2.24) is 0 Å². The molecule has 0 aromatic carbocycles. The lowest BCUT2D eigenvalue weighted by Gasteiger charge is -2.20. The minimum absolute atomic E-state index is 0.141. The van der Waals surface area contributed by atoms with Gasteiger partial charge in [-0.3, -0.25) is 0 Å². The van der Waals surface area contributed by atoms with Crippen LogP contribution in [-0.2, 0) is 9.47 Å². The summed E-state index contributed by atoms with van der Waals surface area (Å²) in [7, 11) is 9.22. The van der Waals surface area contributed by atoms with Crippen molar-refractivity contribution in [3.63, 3.8) is 0 Å². The van der Waals surface area contributed by atoms with Crippen LogP contribution in [-0.4, -0.2) is 38.3 Å². The maximum Gasteiger partial charge on any atom is 0.109 e. The van der Waals surface area contributed by atoms with E-state index in [1.165, 1.54) is 0 Å². The topological polar surface area (TPSA) is 18.5 Å². The summed E-state index contributed by atoms with van der Waals surface area (Å²) in [5.41, 5.74) is 0. The van der Waals surface area contributed by atoms with Gasteiger partial charge in [-0.25, -0.2) is 0 Å². The molecule has 1 heterocycles. The molecule has 0 amide bonds. The summed E-state index contributed by atoms with van der Waals surface area (Å²) in [6.07, 6.45) is 4.27. The number of hydrogen-bond acceptors (Lipinski definition) is 4. The quantitative estimate of drug-likeness (QED) is 0.310. The second-order valence-corrected chi connectivity index (χ2v) is 6.70. The lowest BCUT2D eigenvalue weighted by Crippen LogP contribution is -2.25. The van der Waals surface area contributed by atoms with Crippen molar-refractivity contribution in [2.45, 2.75) is 44.9 Å². The normalized spacial score (nSPS) is 31.3. The zero-order valence-corrected chi connectivity index (χ0v) is 11.3. The minimum Gasteiger partial charge on any atom is -0.382 e. The average molecular weight is 246 g/mol. The largest absolute Gasteiger partial charge is 0.382 e. The molecule has 2 radical (unpaired) electrons. The van der Waals surface area contributed by atoms with E-state index in [1.807, 2.05) is 0 Å². The summed E-state index contributed by atoms with van der Waals surface area (Å²) in [6, 6.07) is -0.141. The predicted molar refractivity (Wildman–Crippen MR) is 69.3 cm³/mol. The molecule has 0 bridgehead atoms. The molecule has 0 aliphatic carbocycles. The molecule has 15 heavy (non-hydrogen) atoms. The molecule has 1 aliphatic rings. The van der Waals surface area contributed by atoms with Gasteiger partial charge >= 0.3 is 0 Å². The van der Waals surface area contributed by atoms with Crippen LogP contribution in [0.3, 0.4) is 0 Å². The van der Waals surface area contributed by atoms with E-state index in [4.69, 9.17) is 17.3 Å². The highest BCUT2D eigenvalue weighted by Crippen LogP contribution is 2.28. The van der Waals surface area contributed by atoms with Crippen molar-refractivity contribution in [2.24, 2.45) is 5.92 Å². The van der Waals surface area contributed by atoms with Gasteiger partial charge in [-0.05, 0) is 25.0 Å². The van der Waals surface area contributed by atoms with Crippen molar-refractivity contribution in [1.29, 1.82) is 0 Å². The summed E-state index contributed by atoms with van der Waals surface area (Å²) < 4.78 is 11.4. The van der Waals surface area contributed by atoms with Gasteiger partial charge in [-0.15, -0.1) is 0 Å². The van der Waals surface area contributed by atoms with Crippen molar-refractivity contribution >= 4 is 29.4 Å². The van der Waals surface area contributed by atoms with E-state index in [0.717, 1.165) is 18.8 Å². The van der Waals surface area contributed by atoms with Crippen molar-refractivity contribution in [3.05, 3.63) is 0 Å². The first kappa shape index (κ1) is 13.7. The molecule has 0 N–H and O–H groups in total. The Hall–Kier alpha value is 0.685. The predicted octanol–water partition coefficient (Wildman–Crippen LogP) is 2.67. The first-order valence-corrected chi connectivity index (χ1v) is 8.04. The maximum absolute atomic E-state index is 5.78. The van der Waals surface area contributed by atoms with Gasteiger partial charge in [0.2, 0.25) is 0 Å². The lowest BCUT2D eigenvalue weighted by atomic mass is 9.94. The number of rotatable bonds is 6. The van der Waals surface area contributed by atoms with Crippen LogP contribution in [0.25, 0.3) is 0 Å². The monoisotopic (exact) mass is 246 g/mol. The SMILES string of the molecule is [B]C1CC(OCSSC)C(CC(C)C)O1. The Morgan fingerprint density at radius 1 is 1.53 bits per heavy atom. The van der Waals surface area contributed by atoms with Gasteiger partial charge in [0.1, 0.15) is 13.8 Å². The zero-order valence-electron chi connectivity index (χ0n) is 9.64.